The molecule has 0 aromatic heterocycles. The highest BCUT2D eigenvalue weighted by Crippen LogP contribution is 2.19. The van der Waals surface area contributed by atoms with Crippen molar-refractivity contribution in [2.45, 2.75) is 11.8 Å². The van der Waals surface area contributed by atoms with Gasteiger partial charge in [-0.05, 0) is 30.2 Å². The molecule has 0 aliphatic carbocycles. The largest absolute Gasteiger partial charge is 0.308 e. The average Bonchev–Trinajstić information content (AvgIpc) is 2.07. The summed E-state index contributed by atoms with van der Waals surface area (Å²) in [6.45, 7) is 2.00. The molecule has 1 unspecified atom stereocenters. The lowest BCUT2D eigenvalue weighted by atomic mass is 10.1. The van der Waals surface area contributed by atoms with E-state index in [4.69, 9.17) is 0 Å². The molecule has 0 bridgehead atoms. The average molecular weight is 179 g/mol. The monoisotopic (exact) mass is 179 g/mol. The lowest BCUT2D eigenvalue weighted by molar-refractivity contribution is 0.679. The van der Waals surface area contributed by atoms with Crippen LogP contribution in [0.15, 0.2) is 29.3 Å². The summed E-state index contributed by atoms with van der Waals surface area (Å²) in [5, 5.41) is 0. The van der Waals surface area contributed by atoms with E-state index >= 15 is 0 Å². The molecule has 12 heavy (non-hydrogen) atoms. The van der Waals surface area contributed by atoms with E-state index in [0.717, 1.165) is 16.0 Å². The lowest BCUT2D eigenvalue weighted by Crippen LogP contribution is -2.14. The molecule has 1 atom stereocenters. The standard InChI is InChI=1S/C9H9NOS/c1-7-2-3-8-4-5-10-12(11)9(8)6-7/h2-6,10H,1H3. The minimum absolute atomic E-state index is 0.873. The first kappa shape index (κ1) is 7.55. The van der Waals surface area contributed by atoms with Gasteiger partial charge in [0.1, 0.15) is 11.0 Å². The van der Waals surface area contributed by atoms with E-state index in [1.807, 2.05) is 31.2 Å². The molecule has 2 rings (SSSR count). The van der Waals surface area contributed by atoms with Gasteiger partial charge in [0.05, 0.1) is 4.90 Å². The minimum atomic E-state index is -1.06. The molecule has 1 aromatic rings. The topological polar surface area (TPSA) is 29.1 Å². The summed E-state index contributed by atoms with van der Waals surface area (Å²) in [5.74, 6) is 0. The van der Waals surface area contributed by atoms with Gasteiger partial charge in [0.2, 0.25) is 0 Å². The molecule has 0 radical (unpaired) electrons. The Balaban J connectivity index is 2.63. The summed E-state index contributed by atoms with van der Waals surface area (Å²) in [6.07, 6.45) is 3.64. The van der Waals surface area contributed by atoms with E-state index in [-0.39, 0.29) is 0 Å². The number of aryl methyl sites for hydroxylation is 1. The molecule has 62 valence electrons. The van der Waals surface area contributed by atoms with E-state index in [2.05, 4.69) is 4.72 Å². The van der Waals surface area contributed by atoms with Gasteiger partial charge in [-0.15, -0.1) is 0 Å². The molecule has 0 saturated carbocycles. The van der Waals surface area contributed by atoms with Crippen molar-refractivity contribution in [1.82, 2.24) is 4.72 Å². The Bertz CT molecular complexity index is 371. The zero-order chi connectivity index (χ0) is 8.55. The maximum absolute atomic E-state index is 11.4. The van der Waals surface area contributed by atoms with Crippen molar-refractivity contribution in [3.8, 4) is 0 Å². The van der Waals surface area contributed by atoms with Crippen LogP contribution in [0.4, 0.5) is 0 Å². The first-order chi connectivity index (χ1) is 5.77. The van der Waals surface area contributed by atoms with Gasteiger partial charge in [0.15, 0.2) is 0 Å². The van der Waals surface area contributed by atoms with Gasteiger partial charge in [-0.2, -0.15) is 0 Å². The van der Waals surface area contributed by atoms with Gasteiger partial charge in [-0.25, -0.2) is 4.21 Å². The van der Waals surface area contributed by atoms with Gasteiger partial charge >= 0.3 is 0 Å². The fourth-order valence-corrected chi connectivity index (χ4v) is 2.15. The molecule has 1 aromatic carbocycles. The van der Waals surface area contributed by atoms with Crippen LogP contribution in [-0.4, -0.2) is 4.21 Å². The van der Waals surface area contributed by atoms with Crippen LogP contribution in [0.25, 0.3) is 6.08 Å². The zero-order valence-electron chi connectivity index (χ0n) is 6.70. The Morgan fingerprint density at radius 2 is 2.25 bits per heavy atom. The van der Waals surface area contributed by atoms with E-state index in [0.29, 0.717) is 0 Å². The normalized spacial score (nSPS) is 19.9. The quantitative estimate of drug-likeness (QED) is 0.644. The molecule has 2 nitrogen and oxygen atoms in total. The van der Waals surface area contributed by atoms with E-state index in [9.17, 15) is 4.21 Å². The Morgan fingerprint density at radius 1 is 1.42 bits per heavy atom. The number of hydrogen-bond donors (Lipinski definition) is 1. The van der Waals surface area contributed by atoms with Crippen molar-refractivity contribution in [3.05, 3.63) is 35.5 Å². The SMILES string of the molecule is Cc1ccc2c(c1)S(=O)NC=C2. The van der Waals surface area contributed by atoms with Crippen molar-refractivity contribution in [1.29, 1.82) is 0 Å². The molecule has 1 aliphatic heterocycles. The molecule has 3 heteroatoms. The van der Waals surface area contributed by atoms with E-state index in [1.54, 1.807) is 6.20 Å². The summed E-state index contributed by atoms with van der Waals surface area (Å²) in [6, 6.07) is 5.95. The smallest absolute Gasteiger partial charge is 0.150 e. The van der Waals surface area contributed by atoms with E-state index < -0.39 is 11.0 Å². The highest BCUT2D eigenvalue weighted by Gasteiger charge is 2.10. The molecule has 0 amide bonds. The van der Waals surface area contributed by atoms with Gasteiger partial charge < -0.3 is 4.72 Å². The third-order valence-corrected chi connectivity index (χ3v) is 2.91. The van der Waals surface area contributed by atoms with Crippen LogP contribution in [-0.2, 0) is 11.0 Å². The number of benzene rings is 1. The van der Waals surface area contributed by atoms with Crippen LogP contribution in [0.2, 0.25) is 0 Å². The van der Waals surface area contributed by atoms with Crippen molar-refractivity contribution in [2.75, 3.05) is 0 Å². The van der Waals surface area contributed by atoms with Gasteiger partial charge in [-0.1, -0.05) is 12.1 Å². The fourth-order valence-electron chi connectivity index (χ4n) is 1.19. The molecule has 0 saturated heterocycles. The maximum atomic E-state index is 11.4. The summed E-state index contributed by atoms with van der Waals surface area (Å²) < 4.78 is 14.1. The summed E-state index contributed by atoms with van der Waals surface area (Å²) in [5.41, 5.74) is 2.18. The summed E-state index contributed by atoms with van der Waals surface area (Å²) in [4.78, 5) is 0.873. The fraction of sp³-hybridized carbons (Fsp3) is 0.111. The zero-order valence-corrected chi connectivity index (χ0v) is 7.52. The second kappa shape index (κ2) is 2.75. The minimum Gasteiger partial charge on any atom is -0.308 e. The second-order valence-electron chi connectivity index (χ2n) is 2.76. The molecule has 1 N–H and O–H groups in total. The predicted octanol–water partition coefficient (Wildman–Crippen LogP) is 1.59. The molecular formula is C9H9NOS. The number of rotatable bonds is 0. The molecule has 1 aliphatic rings. The Labute approximate surface area is 73.9 Å². The van der Waals surface area contributed by atoms with Crippen LogP contribution < -0.4 is 4.72 Å². The van der Waals surface area contributed by atoms with Crippen LogP contribution >= 0.6 is 0 Å². The molecule has 0 fully saturated rings. The van der Waals surface area contributed by atoms with Crippen LogP contribution in [0.3, 0.4) is 0 Å². The Hall–Kier alpha value is -1.09. The lowest BCUT2D eigenvalue weighted by Gasteiger charge is -2.11. The first-order valence-corrected chi connectivity index (χ1v) is 4.87. The van der Waals surface area contributed by atoms with Gasteiger partial charge in [0.25, 0.3) is 0 Å². The number of hydrogen-bond acceptors (Lipinski definition) is 1. The van der Waals surface area contributed by atoms with Crippen molar-refractivity contribution in [2.24, 2.45) is 0 Å². The number of fused-ring (bicyclic) bond motifs is 1. The van der Waals surface area contributed by atoms with Gasteiger partial charge in [-0.3, -0.25) is 0 Å². The predicted molar refractivity (Wildman–Crippen MR) is 49.8 cm³/mol. The molecular weight excluding hydrogens is 170 g/mol. The summed E-state index contributed by atoms with van der Waals surface area (Å²) in [7, 11) is -1.06. The summed E-state index contributed by atoms with van der Waals surface area (Å²) >= 11 is 0. The highest BCUT2D eigenvalue weighted by molar-refractivity contribution is 7.83. The van der Waals surface area contributed by atoms with Crippen LogP contribution in [0, 0.1) is 6.92 Å². The Morgan fingerprint density at radius 3 is 3.08 bits per heavy atom. The molecule has 1 heterocycles. The third kappa shape index (κ3) is 1.16. The van der Waals surface area contributed by atoms with Crippen molar-refractivity contribution in [3.63, 3.8) is 0 Å². The highest BCUT2D eigenvalue weighted by atomic mass is 32.2. The van der Waals surface area contributed by atoms with Crippen molar-refractivity contribution < 1.29 is 4.21 Å². The first-order valence-electron chi connectivity index (χ1n) is 3.72. The van der Waals surface area contributed by atoms with Crippen molar-refractivity contribution >= 4 is 17.1 Å². The number of nitrogens with one attached hydrogen (secondary N) is 1. The molecule has 0 spiro atoms. The Kier molecular flexibility index (Phi) is 1.73. The van der Waals surface area contributed by atoms with E-state index in [1.165, 1.54) is 0 Å². The van der Waals surface area contributed by atoms with Gasteiger partial charge in [0, 0.05) is 6.20 Å². The van der Waals surface area contributed by atoms with Crippen LogP contribution in [0.5, 0.6) is 0 Å². The maximum Gasteiger partial charge on any atom is 0.150 e. The van der Waals surface area contributed by atoms with Crippen LogP contribution in [0.1, 0.15) is 11.1 Å². The third-order valence-electron chi connectivity index (χ3n) is 1.81. The second-order valence-corrected chi connectivity index (χ2v) is 3.97.